The molecule has 5 heterocycles. The topological polar surface area (TPSA) is 199 Å². The average Bonchev–Trinajstić information content (AvgIpc) is 3.80. The fourth-order valence-corrected chi connectivity index (χ4v) is 8.40. The molecule has 56 heavy (non-hydrogen) atoms. The zero-order chi connectivity index (χ0) is 38.5. The lowest BCUT2D eigenvalue weighted by Crippen LogP contribution is -2.49. The van der Waals surface area contributed by atoms with E-state index in [9.17, 15) is 24.3 Å². The SMILES string of the molecule is COC(=O)NC(C(=O)N1CCC[C@H]1c1ncc(-c2ccc3oc(-c4ccc(-c5cnc([C@@H]6CCCN6C(=O)C(NC(=O)O)C6CC6)[nH]5)cc4)cc3c2)[nH]1)C1CC1. The summed E-state index contributed by atoms with van der Waals surface area (Å²) in [4.78, 5) is 70.2. The first-order valence-corrected chi connectivity index (χ1v) is 19.4. The summed E-state index contributed by atoms with van der Waals surface area (Å²) < 4.78 is 11.0. The second-order valence-electron chi connectivity index (χ2n) is 15.4. The summed E-state index contributed by atoms with van der Waals surface area (Å²) in [6, 6.07) is 14.3. The quantitative estimate of drug-likeness (QED) is 0.101. The Hall–Kier alpha value is -6.12. The van der Waals surface area contributed by atoms with E-state index < -0.39 is 24.3 Å². The van der Waals surface area contributed by atoms with Gasteiger partial charge in [0.2, 0.25) is 11.8 Å². The lowest BCUT2D eigenvalue weighted by Gasteiger charge is -2.28. The zero-order valence-corrected chi connectivity index (χ0v) is 31.0. The van der Waals surface area contributed by atoms with Crippen LogP contribution in [0.1, 0.15) is 75.1 Å². The van der Waals surface area contributed by atoms with Crippen LogP contribution in [0, 0.1) is 11.8 Å². The summed E-state index contributed by atoms with van der Waals surface area (Å²) in [5.74, 6) is 2.07. The number of methoxy groups -OCH3 is 1. The molecule has 2 aliphatic carbocycles. The number of H-pyrrole nitrogens is 2. The van der Waals surface area contributed by atoms with Crippen LogP contribution in [0.15, 0.2) is 65.3 Å². The summed E-state index contributed by atoms with van der Waals surface area (Å²) >= 11 is 0. The Labute approximate surface area is 322 Å². The molecule has 9 rings (SSSR count). The number of rotatable bonds is 11. The van der Waals surface area contributed by atoms with Crippen molar-refractivity contribution in [1.82, 2.24) is 40.4 Å². The van der Waals surface area contributed by atoms with E-state index in [1.165, 1.54) is 7.11 Å². The first-order valence-electron chi connectivity index (χ1n) is 19.4. The van der Waals surface area contributed by atoms with Crippen molar-refractivity contribution >= 4 is 35.0 Å². The van der Waals surface area contributed by atoms with E-state index >= 15 is 0 Å². The maximum absolute atomic E-state index is 13.6. The van der Waals surface area contributed by atoms with Crippen LogP contribution in [0.25, 0.3) is 44.8 Å². The monoisotopic (exact) mass is 760 g/mol. The normalized spacial score (nSPS) is 20.6. The standard InChI is InChI=1S/C41H44N8O7/c1-55-41(54)47-35(25-12-13-25)39(51)49-17-3-5-31(49)37-43-21-29(45-37)26-14-15-32-27(18-26)19-33(56-32)23-8-6-22(7-9-23)28-20-42-36(44-28)30-4-2-16-48(30)38(50)34(24-10-11-24)46-40(52)53/h6-9,14-15,18-21,24-25,30-31,34-35,46H,2-5,10-13,16-17H2,1H3,(H,42,44)(H,43,45)(H,47,54)(H,52,53)/t30-,31-,34?,35?/m0/s1. The fourth-order valence-electron chi connectivity index (χ4n) is 8.40. The van der Waals surface area contributed by atoms with Crippen LogP contribution in [0.5, 0.6) is 0 Å². The third kappa shape index (κ3) is 6.97. The second-order valence-corrected chi connectivity index (χ2v) is 15.4. The predicted octanol–water partition coefficient (Wildman–Crippen LogP) is 6.39. The molecule has 2 aliphatic heterocycles. The Morgan fingerprint density at radius 1 is 0.750 bits per heavy atom. The van der Waals surface area contributed by atoms with E-state index in [2.05, 4.69) is 31.7 Å². The Balaban J connectivity index is 0.877. The number of nitrogens with zero attached hydrogens (tertiary/aromatic N) is 4. The second kappa shape index (κ2) is 14.5. The number of likely N-dealkylation sites (tertiary alicyclic amines) is 2. The van der Waals surface area contributed by atoms with E-state index in [1.54, 1.807) is 17.3 Å². The minimum atomic E-state index is -1.18. The zero-order valence-electron chi connectivity index (χ0n) is 31.0. The molecule has 4 fully saturated rings. The first-order chi connectivity index (χ1) is 27.2. The number of alkyl carbamates (subject to hydrolysis) is 1. The molecule has 0 radical (unpaired) electrons. The maximum Gasteiger partial charge on any atom is 0.407 e. The van der Waals surface area contributed by atoms with E-state index in [-0.39, 0.29) is 35.7 Å². The van der Waals surface area contributed by atoms with Crippen molar-refractivity contribution in [3.63, 3.8) is 0 Å². The number of aromatic nitrogens is 4. The number of carbonyl (C=O) groups excluding carboxylic acids is 3. The summed E-state index contributed by atoms with van der Waals surface area (Å²) in [7, 11) is 1.30. The van der Waals surface area contributed by atoms with Gasteiger partial charge in [0.1, 0.15) is 35.1 Å². The number of aromatic amines is 2. The fraction of sp³-hybridized carbons (Fsp3) is 0.415. The summed E-state index contributed by atoms with van der Waals surface area (Å²) in [5, 5.41) is 15.5. The molecule has 290 valence electrons. The molecule has 3 aromatic heterocycles. The Kier molecular flexibility index (Phi) is 9.22. The van der Waals surface area contributed by atoms with E-state index in [0.717, 1.165) is 102 Å². The molecule has 5 aromatic rings. The van der Waals surface area contributed by atoms with Gasteiger partial charge in [-0.3, -0.25) is 9.59 Å². The van der Waals surface area contributed by atoms with Gasteiger partial charge < -0.3 is 44.7 Å². The van der Waals surface area contributed by atoms with Crippen molar-refractivity contribution in [3.8, 4) is 33.8 Å². The highest BCUT2D eigenvalue weighted by Gasteiger charge is 2.44. The van der Waals surface area contributed by atoms with Gasteiger partial charge in [-0.15, -0.1) is 0 Å². The van der Waals surface area contributed by atoms with Crippen LogP contribution in [0.3, 0.4) is 0 Å². The molecule has 2 unspecified atom stereocenters. The number of fused-ring (bicyclic) bond motifs is 1. The summed E-state index contributed by atoms with van der Waals surface area (Å²) in [5.41, 5.74) is 5.20. The molecule has 2 aromatic carbocycles. The Morgan fingerprint density at radius 3 is 1.84 bits per heavy atom. The average molecular weight is 761 g/mol. The number of hydrogen-bond donors (Lipinski definition) is 5. The van der Waals surface area contributed by atoms with Crippen LogP contribution >= 0.6 is 0 Å². The number of hydrogen-bond acceptors (Lipinski definition) is 8. The van der Waals surface area contributed by atoms with Gasteiger partial charge in [-0.2, -0.15) is 0 Å². The van der Waals surface area contributed by atoms with E-state index in [4.69, 9.17) is 14.1 Å². The van der Waals surface area contributed by atoms with Crippen molar-refractivity contribution in [2.24, 2.45) is 11.8 Å². The van der Waals surface area contributed by atoms with Gasteiger partial charge in [0, 0.05) is 29.6 Å². The van der Waals surface area contributed by atoms with Gasteiger partial charge in [-0.05, 0) is 93.0 Å². The van der Waals surface area contributed by atoms with Gasteiger partial charge in [0.05, 0.1) is 43.0 Å². The maximum atomic E-state index is 13.6. The lowest BCUT2D eigenvalue weighted by molar-refractivity contribution is -0.135. The van der Waals surface area contributed by atoms with E-state index in [0.29, 0.717) is 18.9 Å². The highest BCUT2D eigenvalue weighted by molar-refractivity contribution is 5.89. The van der Waals surface area contributed by atoms with Crippen LogP contribution in [0.4, 0.5) is 9.59 Å². The van der Waals surface area contributed by atoms with Gasteiger partial charge in [-0.25, -0.2) is 19.6 Å². The highest BCUT2D eigenvalue weighted by atomic mass is 16.5. The smallest absolute Gasteiger partial charge is 0.407 e. The number of ether oxygens (including phenoxy) is 1. The molecular formula is C41H44N8O7. The Morgan fingerprint density at radius 2 is 1.29 bits per heavy atom. The third-order valence-electron chi connectivity index (χ3n) is 11.7. The Bertz CT molecular complexity index is 2290. The molecule has 15 heteroatoms. The number of carboxylic acid groups (broad SMARTS) is 1. The van der Waals surface area contributed by atoms with E-state index in [1.807, 2.05) is 47.4 Å². The lowest BCUT2D eigenvalue weighted by atomic mass is 10.1. The molecule has 4 amide bonds. The van der Waals surface area contributed by atoms with Crippen molar-refractivity contribution in [3.05, 3.63) is 72.6 Å². The molecule has 4 atom stereocenters. The third-order valence-corrected chi connectivity index (χ3v) is 11.7. The number of benzene rings is 2. The number of furan rings is 1. The summed E-state index contributed by atoms with van der Waals surface area (Å²) in [6.45, 7) is 1.18. The number of carbonyl (C=O) groups is 4. The van der Waals surface area contributed by atoms with Crippen LogP contribution in [0.2, 0.25) is 0 Å². The number of nitrogens with one attached hydrogen (secondary N) is 4. The van der Waals surface area contributed by atoms with Gasteiger partial charge >= 0.3 is 12.2 Å². The minimum absolute atomic E-state index is 0.0575. The van der Waals surface area contributed by atoms with Crippen LogP contribution in [-0.2, 0) is 14.3 Å². The van der Waals surface area contributed by atoms with Gasteiger partial charge in [0.25, 0.3) is 0 Å². The van der Waals surface area contributed by atoms with Crippen LogP contribution < -0.4 is 10.6 Å². The van der Waals surface area contributed by atoms with Gasteiger partial charge in [-0.1, -0.05) is 24.3 Å². The summed E-state index contributed by atoms with van der Waals surface area (Å²) in [6.07, 6.45) is 8.55. The number of amides is 4. The number of imidazole rings is 2. The molecular weight excluding hydrogens is 716 g/mol. The molecule has 5 N–H and O–H groups in total. The molecule has 2 saturated carbocycles. The largest absolute Gasteiger partial charge is 0.465 e. The molecule has 0 spiro atoms. The molecule has 0 bridgehead atoms. The van der Waals surface area contributed by atoms with Crippen LogP contribution in [-0.4, -0.2) is 91.1 Å². The van der Waals surface area contributed by atoms with Crippen molar-refractivity contribution in [1.29, 1.82) is 0 Å². The molecule has 4 aliphatic rings. The van der Waals surface area contributed by atoms with Crippen molar-refractivity contribution in [2.75, 3.05) is 20.2 Å². The highest BCUT2D eigenvalue weighted by Crippen LogP contribution is 2.40. The molecule has 2 saturated heterocycles. The minimum Gasteiger partial charge on any atom is -0.465 e. The molecule has 15 nitrogen and oxygen atoms in total. The first kappa shape index (κ1) is 35.6. The van der Waals surface area contributed by atoms with Crippen molar-refractivity contribution < 1.29 is 33.4 Å². The van der Waals surface area contributed by atoms with Crippen molar-refractivity contribution in [2.45, 2.75) is 75.5 Å². The van der Waals surface area contributed by atoms with Gasteiger partial charge in [0.15, 0.2) is 0 Å². The predicted molar refractivity (Wildman–Crippen MR) is 204 cm³/mol.